The maximum atomic E-state index is 12.1. The minimum atomic E-state index is -0.0987. The molecule has 0 aliphatic carbocycles. The summed E-state index contributed by atoms with van der Waals surface area (Å²) in [5.74, 6) is -0.0987. The molecule has 0 bridgehead atoms. The first-order valence-corrected chi connectivity index (χ1v) is 7.61. The lowest BCUT2D eigenvalue weighted by molar-refractivity contribution is 0.0954. The molecule has 0 fully saturated rings. The third kappa shape index (κ3) is 3.84. The number of benzene rings is 1. The minimum Gasteiger partial charge on any atom is -0.347 e. The SMILES string of the molecule is CCCc1nnsc1C(=O)NCc1cccc(Br)c1. The van der Waals surface area contributed by atoms with Crippen molar-refractivity contribution < 1.29 is 4.79 Å². The van der Waals surface area contributed by atoms with Crippen molar-refractivity contribution in [1.82, 2.24) is 14.9 Å². The second-order valence-corrected chi connectivity index (χ2v) is 5.78. The summed E-state index contributed by atoms with van der Waals surface area (Å²) in [7, 11) is 0. The highest BCUT2D eigenvalue weighted by molar-refractivity contribution is 9.10. The van der Waals surface area contributed by atoms with Gasteiger partial charge in [-0.2, -0.15) is 0 Å². The Labute approximate surface area is 124 Å². The summed E-state index contributed by atoms with van der Waals surface area (Å²) in [6.45, 7) is 2.56. The molecule has 0 unspecified atom stereocenters. The van der Waals surface area contributed by atoms with E-state index in [2.05, 4.69) is 37.8 Å². The molecule has 6 heteroatoms. The van der Waals surface area contributed by atoms with Gasteiger partial charge in [0.1, 0.15) is 4.88 Å². The number of carbonyl (C=O) groups is 1. The molecule has 100 valence electrons. The molecule has 1 aromatic carbocycles. The predicted octanol–water partition coefficient (Wildman–Crippen LogP) is 3.18. The van der Waals surface area contributed by atoms with Crippen molar-refractivity contribution in [2.24, 2.45) is 0 Å². The van der Waals surface area contributed by atoms with Crippen molar-refractivity contribution in [2.75, 3.05) is 0 Å². The van der Waals surface area contributed by atoms with Gasteiger partial charge in [-0.3, -0.25) is 4.79 Å². The van der Waals surface area contributed by atoms with Crippen LogP contribution in [0.4, 0.5) is 0 Å². The normalized spacial score (nSPS) is 10.4. The zero-order chi connectivity index (χ0) is 13.7. The Morgan fingerprint density at radius 3 is 3.05 bits per heavy atom. The maximum Gasteiger partial charge on any atom is 0.265 e. The van der Waals surface area contributed by atoms with E-state index in [9.17, 15) is 4.79 Å². The number of aryl methyl sites for hydroxylation is 1. The van der Waals surface area contributed by atoms with Crippen LogP contribution in [-0.2, 0) is 13.0 Å². The lowest BCUT2D eigenvalue weighted by atomic mass is 10.2. The molecule has 1 aromatic heterocycles. The second kappa shape index (κ2) is 6.77. The highest BCUT2D eigenvalue weighted by Crippen LogP contribution is 2.14. The molecule has 0 saturated heterocycles. The van der Waals surface area contributed by atoms with Gasteiger partial charge in [0.15, 0.2) is 0 Å². The average molecular weight is 340 g/mol. The van der Waals surface area contributed by atoms with Crippen molar-refractivity contribution in [3.63, 3.8) is 0 Å². The van der Waals surface area contributed by atoms with Crippen LogP contribution < -0.4 is 5.32 Å². The Morgan fingerprint density at radius 2 is 2.32 bits per heavy atom. The Balaban J connectivity index is 1.99. The highest BCUT2D eigenvalue weighted by atomic mass is 79.9. The van der Waals surface area contributed by atoms with E-state index in [1.54, 1.807) is 0 Å². The van der Waals surface area contributed by atoms with E-state index in [1.807, 2.05) is 24.3 Å². The first-order chi connectivity index (χ1) is 9.20. The predicted molar refractivity (Wildman–Crippen MR) is 79.2 cm³/mol. The third-order valence-corrected chi connectivity index (χ3v) is 3.85. The Hall–Kier alpha value is -1.27. The van der Waals surface area contributed by atoms with Crippen LogP contribution in [0.1, 0.15) is 34.3 Å². The summed E-state index contributed by atoms with van der Waals surface area (Å²) in [6.07, 6.45) is 1.74. The Morgan fingerprint density at radius 1 is 1.47 bits per heavy atom. The van der Waals surface area contributed by atoms with Crippen molar-refractivity contribution >= 4 is 33.4 Å². The van der Waals surface area contributed by atoms with Crippen LogP contribution >= 0.6 is 27.5 Å². The Bertz CT molecular complexity index is 571. The van der Waals surface area contributed by atoms with Crippen molar-refractivity contribution in [2.45, 2.75) is 26.3 Å². The maximum absolute atomic E-state index is 12.1. The van der Waals surface area contributed by atoms with Crippen LogP contribution in [0.25, 0.3) is 0 Å². The summed E-state index contributed by atoms with van der Waals surface area (Å²) < 4.78 is 4.86. The van der Waals surface area contributed by atoms with Gasteiger partial charge < -0.3 is 5.32 Å². The molecule has 2 aromatic rings. The molecular weight excluding hydrogens is 326 g/mol. The van der Waals surface area contributed by atoms with Crippen LogP contribution in [0, 0.1) is 0 Å². The average Bonchev–Trinajstić information content (AvgIpc) is 2.85. The van der Waals surface area contributed by atoms with E-state index in [0.717, 1.165) is 40.1 Å². The summed E-state index contributed by atoms with van der Waals surface area (Å²) in [5.41, 5.74) is 1.84. The minimum absolute atomic E-state index is 0.0987. The molecule has 1 heterocycles. The number of hydrogen-bond acceptors (Lipinski definition) is 4. The van der Waals surface area contributed by atoms with E-state index >= 15 is 0 Å². The van der Waals surface area contributed by atoms with Gasteiger partial charge in [-0.1, -0.05) is 45.9 Å². The summed E-state index contributed by atoms with van der Waals surface area (Å²) in [5, 5.41) is 6.89. The number of amides is 1. The smallest absolute Gasteiger partial charge is 0.265 e. The van der Waals surface area contributed by atoms with E-state index < -0.39 is 0 Å². The van der Waals surface area contributed by atoms with Gasteiger partial charge in [0.05, 0.1) is 5.69 Å². The van der Waals surface area contributed by atoms with Crippen LogP contribution in [0.5, 0.6) is 0 Å². The van der Waals surface area contributed by atoms with Crippen molar-refractivity contribution in [3.8, 4) is 0 Å². The van der Waals surface area contributed by atoms with Gasteiger partial charge in [-0.05, 0) is 35.6 Å². The van der Waals surface area contributed by atoms with Crippen molar-refractivity contribution in [1.29, 1.82) is 0 Å². The Kier molecular flexibility index (Phi) is 5.04. The number of nitrogens with one attached hydrogen (secondary N) is 1. The molecule has 0 aliphatic heterocycles. The molecule has 4 nitrogen and oxygen atoms in total. The number of nitrogens with zero attached hydrogens (tertiary/aromatic N) is 2. The summed E-state index contributed by atoms with van der Waals surface area (Å²) in [4.78, 5) is 12.7. The second-order valence-electron chi connectivity index (χ2n) is 4.11. The highest BCUT2D eigenvalue weighted by Gasteiger charge is 2.15. The molecule has 0 aliphatic rings. The van der Waals surface area contributed by atoms with E-state index in [-0.39, 0.29) is 5.91 Å². The van der Waals surface area contributed by atoms with E-state index in [1.165, 1.54) is 0 Å². The van der Waals surface area contributed by atoms with Crippen molar-refractivity contribution in [3.05, 3.63) is 44.9 Å². The molecule has 0 spiro atoms. The molecule has 1 amide bonds. The van der Waals surface area contributed by atoms with Gasteiger partial charge >= 0.3 is 0 Å². The quantitative estimate of drug-likeness (QED) is 0.910. The number of halogens is 1. The standard InChI is InChI=1S/C13H14BrN3OS/c1-2-4-11-12(19-17-16-11)13(18)15-8-9-5-3-6-10(14)7-9/h3,5-7H,2,4,8H2,1H3,(H,15,18). The van der Waals surface area contributed by atoms with Crippen LogP contribution in [-0.4, -0.2) is 15.5 Å². The fourth-order valence-electron chi connectivity index (χ4n) is 1.69. The largest absolute Gasteiger partial charge is 0.347 e. The summed E-state index contributed by atoms with van der Waals surface area (Å²) in [6, 6.07) is 7.86. The molecule has 19 heavy (non-hydrogen) atoms. The fourth-order valence-corrected chi connectivity index (χ4v) is 2.76. The number of rotatable bonds is 5. The molecule has 0 atom stereocenters. The van der Waals surface area contributed by atoms with E-state index in [4.69, 9.17) is 0 Å². The zero-order valence-electron chi connectivity index (χ0n) is 10.5. The first-order valence-electron chi connectivity index (χ1n) is 6.04. The van der Waals surface area contributed by atoms with Crippen LogP contribution in [0.15, 0.2) is 28.7 Å². The van der Waals surface area contributed by atoms with Crippen LogP contribution in [0.3, 0.4) is 0 Å². The third-order valence-electron chi connectivity index (χ3n) is 2.59. The van der Waals surface area contributed by atoms with Gasteiger partial charge in [0.2, 0.25) is 0 Å². The van der Waals surface area contributed by atoms with E-state index in [0.29, 0.717) is 11.4 Å². The zero-order valence-corrected chi connectivity index (χ0v) is 12.9. The number of carbonyl (C=O) groups excluding carboxylic acids is 1. The van der Waals surface area contributed by atoms with Gasteiger partial charge in [-0.15, -0.1) is 5.10 Å². The fraction of sp³-hybridized carbons (Fsp3) is 0.308. The monoisotopic (exact) mass is 339 g/mol. The number of aromatic nitrogens is 2. The molecule has 0 saturated carbocycles. The molecular formula is C13H14BrN3OS. The lowest BCUT2D eigenvalue weighted by Gasteiger charge is -2.05. The van der Waals surface area contributed by atoms with Crippen LogP contribution in [0.2, 0.25) is 0 Å². The molecule has 2 rings (SSSR count). The molecule has 1 N–H and O–H groups in total. The van der Waals surface area contributed by atoms with Gasteiger partial charge in [0, 0.05) is 11.0 Å². The molecule has 0 radical (unpaired) electrons. The topological polar surface area (TPSA) is 54.9 Å². The van der Waals surface area contributed by atoms with Gasteiger partial charge in [-0.25, -0.2) is 0 Å². The summed E-state index contributed by atoms with van der Waals surface area (Å²) >= 11 is 4.56. The first kappa shape index (κ1) is 14.1. The lowest BCUT2D eigenvalue weighted by Crippen LogP contribution is -2.23. The van der Waals surface area contributed by atoms with Gasteiger partial charge in [0.25, 0.3) is 5.91 Å². The number of hydrogen-bond donors (Lipinski definition) is 1.